The summed E-state index contributed by atoms with van der Waals surface area (Å²) in [6, 6.07) is 0.399. The maximum absolute atomic E-state index is 11.4. The molecule has 110 valence electrons. The normalized spacial score (nSPS) is 27.9. The van der Waals surface area contributed by atoms with Gasteiger partial charge < -0.3 is 15.6 Å². The predicted octanol–water partition coefficient (Wildman–Crippen LogP) is 1.60. The van der Waals surface area contributed by atoms with Crippen molar-refractivity contribution in [1.82, 2.24) is 20.3 Å². The van der Waals surface area contributed by atoms with Crippen molar-refractivity contribution < 1.29 is 4.79 Å². The van der Waals surface area contributed by atoms with E-state index in [0.29, 0.717) is 12.5 Å². The lowest BCUT2D eigenvalue weighted by Crippen LogP contribution is -2.46. The molecule has 1 saturated heterocycles. The average Bonchev–Trinajstić information content (AvgIpc) is 3.02. The van der Waals surface area contributed by atoms with Gasteiger partial charge in [-0.25, -0.2) is 9.97 Å². The van der Waals surface area contributed by atoms with Gasteiger partial charge in [-0.2, -0.15) is 0 Å². The largest absolute Gasteiger partial charge is 0.367 e. The minimum Gasteiger partial charge on any atom is -0.367 e. The van der Waals surface area contributed by atoms with Crippen molar-refractivity contribution in [2.24, 2.45) is 5.41 Å². The molecule has 0 bridgehead atoms. The van der Waals surface area contributed by atoms with Crippen molar-refractivity contribution in [2.75, 3.05) is 11.9 Å². The first-order valence-electron chi connectivity index (χ1n) is 7.53. The van der Waals surface area contributed by atoms with Crippen molar-refractivity contribution in [3.8, 4) is 0 Å². The highest BCUT2D eigenvalue weighted by atomic mass is 16.1. The van der Waals surface area contributed by atoms with Gasteiger partial charge in [-0.3, -0.25) is 4.79 Å². The number of rotatable bonds is 3. The second-order valence-electron chi connectivity index (χ2n) is 6.32. The molecule has 1 amide bonds. The number of anilines is 1. The number of nitrogens with one attached hydrogen (secondary N) is 3. The summed E-state index contributed by atoms with van der Waals surface area (Å²) in [7, 11) is 0. The molecule has 1 saturated carbocycles. The van der Waals surface area contributed by atoms with Crippen LogP contribution in [0.2, 0.25) is 0 Å². The number of fused-ring (bicyclic) bond motifs is 1. The van der Waals surface area contributed by atoms with Gasteiger partial charge in [0.15, 0.2) is 0 Å². The number of aryl methyl sites for hydroxylation is 1. The fourth-order valence-electron chi connectivity index (χ4n) is 3.74. The highest BCUT2D eigenvalue weighted by Gasteiger charge is 2.49. The SMILES string of the molecule is CCc1c[nH]c2ncnc(NC3CC4(CNC(=O)C4)C3)c12. The quantitative estimate of drug-likeness (QED) is 0.800. The van der Waals surface area contributed by atoms with Crippen molar-refractivity contribution in [3.63, 3.8) is 0 Å². The van der Waals surface area contributed by atoms with Crippen LogP contribution in [0.3, 0.4) is 0 Å². The first kappa shape index (κ1) is 12.6. The molecule has 1 aliphatic heterocycles. The number of H-pyrrole nitrogens is 1. The van der Waals surface area contributed by atoms with Crippen molar-refractivity contribution in [1.29, 1.82) is 0 Å². The molecule has 0 aromatic carbocycles. The Morgan fingerprint density at radius 2 is 2.29 bits per heavy atom. The van der Waals surface area contributed by atoms with Crippen molar-refractivity contribution in [2.45, 2.75) is 38.6 Å². The second-order valence-corrected chi connectivity index (χ2v) is 6.32. The van der Waals surface area contributed by atoms with Gasteiger partial charge in [-0.1, -0.05) is 6.92 Å². The van der Waals surface area contributed by atoms with E-state index in [0.717, 1.165) is 42.7 Å². The molecule has 6 nitrogen and oxygen atoms in total. The topological polar surface area (TPSA) is 82.7 Å². The van der Waals surface area contributed by atoms with Gasteiger partial charge in [0.1, 0.15) is 17.8 Å². The number of aromatic amines is 1. The van der Waals surface area contributed by atoms with Crippen LogP contribution in [0.4, 0.5) is 5.82 Å². The molecule has 2 fully saturated rings. The van der Waals surface area contributed by atoms with Crippen LogP contribution in [0.15, 0.2) is 12.5 Å². The zero-order valence-corrected chi connectivity index (χ0v) is 12.1. The molecule has 3 N–H and O–H groups in total. The maximum atomic E-state index is 11.4. The molecular weight excluding hydrogens is 266 g/mol. The fourth-order valence-corrected chi connectivity index (χ4v) is 3.74. The Labute approximate surface area is 122 Å². The first-order valence-corrected chi connectivity index (χ1v) is 7.53. The number of amides is 1. The summed E-state index contributed by atoms with van der Waals surface area (Å²) in [6.45, 7) is 2.96. The third kappa shape index (κ3) is 1.97. The Hall–Kier alpha value is -2.11. The van der Waals surface area contributed by atoms with E-state index in [1.807, 2.05) is 6.20 Å². The summed E-state index contributed by atoms with van der Waals surface area (Å²) in [6.07, 6.45) is 7.29. The monoisotopic (exact) mass is 285 g/mol. The van der Waals surface area contributed by atoms with Crippen LogP contribution >= 0.6 is 0 Å². The van der Waals surface area contributed by atoms with E-state index in [1.165, 1.54) is 5.56 Å². The number of carbonyl (C=O) groups excluding carboxylic acids is 1. The zero-order valence-electron chi connectivity index (χ0n) is 12.1. The zero-order chi connectivity index (χ0) is 14.4. The van der Waals surface area contributed by atoms with Gasteiger partial charge in [0, 0.05) is 30.6 Å². The van der Waals surface area contributed by atoms with Gasteiger partial charge in [0.25, 0.3) is 0 Å². The van der Waals surface area contributed by atoms with E-state index in [-0.39, 0.29) is 11.3 Å². The van der Waals surface area contributed by atoms with Crippen molar-refractivity contribution in [3.05, 3.63) is 18.1 Å². The summed E-state index contributed by atoms with van der Waals surface area (Å²) >= 11 is 0. The molecule has 1 aliphatic carbocycles. The fraction of sp³-hybridized carbons (Fsp3) is 0.533. The van der Waals surface area contributed by atoms with Crippen LogP contribution in [0.1, 0.15) is 31.7 Å². The Morgan fingerprint density at radius 1 is 1.43 bits per heavy atom. The van der Waals surface area contributed by atoms with Gasteiger partial charge >= 0.3 is 0 Å². The molecular formula is C15H19N5O. The smallest absolute Gasteiger partial charge is 0.220 e. The summed E-state index contributed by atoms with van der Waals surface area (Å²) in [4.78, 5) is 23.3. The summed E-state index contributed by atoms with van der Waals surface area (Å²) < 4.78 is 0. The molecule has 3 heterocycles. The number of hydrogen-bond donors (Lipinski definition) is 3. The third-order valence-electron chi connectivity index (χ3n) is 4.83. The van der Waals surface area contributed by atoms with Gasteiger partial charge in [0.2, 0.25) is 5.91 Å². The minimum atomic E-state index is 0.187. The maximum Gasteiger partial charge on any atom is 0.220 e. The van der Waals surface area contributed by atoms with E-state index in [4.69, 9.17) is 0 Å². The highest BCUT2D eigenvalue weighted by Crippen LogP contribution is 2.47. The Bertz CT molecular complexity index is 701. The molecule has 1 spiro atoms. The Kier molecular flexibility index (Phi) is 2.67. The molecule has 2 aromatic rings. The van der Waals surface area contributed by atoms with E-state index in [1.54, 1.807) is 6.33 Å². The lowest BCUT2D eigenvalue weighted by molar-refractivity contribution is -0.120. The molecule has 4 rings (SSSR count). The van der Waals surface area contributed by atoms with Gasteiger partial charge in [0.05, 0.1) is 5.39 Å². The minimum absolute atomic E-state index is 0.187. The highest BCUT2D eigenvalue weighted by molar-refractivity contribution is 5.90. The van der Waals surface area contributed by atoms with Crippen LogP contribution in [-0.4, -0.2) is 33.4 Å². The van der Waals surface area contributed by atoms with E-state index >= 15 is 0 Å². The van der Waals surface area contributed by atoms with Crippen LogP contribution < -0.4 is 10.6 Å². The van der Waals surface area contributed by atoms with E-state index in [2.05, 4.69) is 32.5 Å². The van der Waals surface area contributed by atoms with Crippen LogP contribution in [0.5, 0.6) is 0 Å². The second kappa shape index (κ2) is 4.44. The summed E-state index contributed by atoms with van der Waals surface area (Å²) in [5.41, 5.74) is 2.31. The summed E-state index contributed by atoms with van der Waals surface area (Å²) in [5, 5.41) is 7.58. The number of carbonyl (C=O) groups is 1. The summed E-state index contributed by atoms with van der Waals surface area (Å²) in [5.74, 6) is 1.10. The molecule has 2 aromatic heterocycles. The van der Waals surface area contributed by atoms with Crippen LogP contribution in [0.25, 0.3) is 11.0 Å². The standard InChI is InChI=1S/C15H19N5O/c1-2-9-6-16-13-12(9)14(19-8-18-13)20-10-3-15(4-10)5-11(21)17-7-15/h6,8,10H,2-5,7H2,1H3,(H,17,21)(H2,16,18,19,20). The lowest BCUT2D eigenvalue weighted by atomic mass is 9.65. The molecule has 2 aliphatic rings. The van der Waals surface area contributed by atoms with Crippen LogP contribution in [-0.2, 0) is 11.2 Å². The number of aromatic nitrogens is 3. The average molecular weight is 285 g/mol. The molecule has 21 heavy (non-hydrogen) atoms. The van der Waals surface area contributed by atoms with Crippen molar-refractivity contribution >= 4 is 22.8 Å². The number of hydrogen-bond acceptors (Lipinski definition) is 4. The van der Waals surface area contributed by atoms with Crippen LogP contribution in [0, 0.1) is 5.41 Å². The lowest BCUT2D eigenvalue weighted by Gasteiger charge is -2.44. The molecule has 6 heteroatoms. The van der Waals surface area contributed by atoms with E-state index < -0.39 is 0 Å². The molecule has 0 radical (unpaired) electrons. The Morgan fingerprint density at radius 3 is 3.00 bits per heavy atom. The third-order valence-corrected chi connectivity index (χ3v) is 4.83. The molecule has 0 unspecified atom stereocenters. The number of nitrogens with zero attached hydrogens (tertiary/aromatic N) is 2. The predicted molar refractivity (Wildman–Crippen MR) is 80.0 cm³/mol. The van der Waals surface area contributed by atoms with Gasteiger partial charge in [-0.05, 0) is 24.8 Å². The first-order chi connectivity index (χ1) is 10.2. The van der Waals surface area contributed by atoms with E-state index in [9.17, 15) is 4.79 Å². The van der Waals surface area contributed by atoms with Gasteiger partial charge in [-0.15, -0.1) is 0 Å². The Balaban J connectivity index is 1.54. The molecule has 0 atom stereocenters.